The molecule has 0 amide bonds. The van der Waals surface area contributed by atoms with Crippen LogP contribution in [-0.2, 0) is 5.41 Å². The van der Waals surface area contributed by atoms with Crippen molar-refractivity contribution in [3.8, 4) is 0 Å². The van der Waals surface area contributed by atoms with Crippen LogP contribution in [0.2, 0.25) is 5.02 Å². The highest BCUT2D eigenvalue weighted by atomic mass is 35.5. The molecule has 0 radical (unpaired) electrons. The number of para-hydroxylation sites is 1. The molecule has 1 aromatic heterocycles. The molecular weight excluding hydrogens is 437 g/mol. The molecule has 4 rings (SSSR count). The normalized spacial score (nSPS) is 18.2. The molecule has 1 unspecified atom stereocenters. The topological polar surface area (TPSA) is 32.0 Å². The fourth-order valence-electron chi connectivity index (χ4n) is 4.36. The first-order valence-corrected chi connectivity index (χ1v) is 12.9. The van der Waals surface area contributed by atoms with Crippen molar-refractivity contribution >= 4 is 35.7 Å². The van der Waals surface area contributed by atoms with Crippen molar-refractivity contribution in [1.82, 2.24) is 4.67 Å². The van der Waals surface area contributed by atoms with Gasteiger partial charge in [0.1, 0.15) is 13.0 Å². The molecule has 4 nitrogen and oxygen atoms in total. The third-order valence-electron chi connectivity index (χ3n) is 6.33. The molecule has 0 aliphatic carbocycles. The third-order valence-corrected chi connectivity index (χ3v) is 9.98. The SMILES string of the molecule is Cc1ccc(P(C=C2N(C)c3ccccc3C2(C)C)(=Nc2ccc(C)c(Cl)c2)N(C)C)o1. The standard InChI is InChI=1S/C26H31ClN3OP/c1-18-12-14-20(16-22(18)27)28-32(29(5)6,25-15-13-19(2)31-25)17-24-26(3,4)21-10-8-9-11-23(21)30(24)7/h8-17H,1-7H3. The molecule has 0 fully saturated rings. The number of anilines is 1. The minimum atomic E-state index is -2.42. The molecule has 0 bridgehead atoms. The average Bonchev–Trinajstić information content (AvgIpc) is 3.26. The first-order chi connectivity index (χ1) is 15.1. The Hall–Kier alpha value is -2.26. The van der Waals surface area contributed by atoms with E-state index in [9.17, 15) is 0 Å². The van der Waals surface area contributed by atoms with E-state index in [2.05, 4.69) is 80.7 Å². The maximum absolute atomic E-state index is 6.46. The van der Waals surface area contributed by atoms with Crippen molar-refractivity contribution in [3.63, 3.8) is 0 Å². The van der Waals surface area contributed by atoms with E-state index in [1.807, 2.05) is 38.1 Å². The van der Waals surface area contributed by atoms with Gasteiger partial charge in [-0.05, 0) is 75.2 Å². The number of furan rings is 1. The van der Waals surface area contributed by atoms with Crippen molar-refractivity contribution in [2.45, 2.75) is 33.1 Å². The zero-order chi connectivity index (χ0) is 23.3. The molecule has 0 saturated heterocycles. The molecule has 1 atom stereocenters. The summed E-state index contributed by atoms with van der Waals surface area (Å²) in [5.74, 6) is 3.23. The van der Waals surface area contributed by atoms with E-state index in [-0.39, 0.29) is 5.41 Å². The van der Waals surface area contributed by atoms with Crippen molar-refractivity contribution in [3.05, 3.63) is 88.0 Å². The second-order valence-corrected chi connectivity index (χ2v) is 12.5. The molecule has 2 aromatic carbocycles. The summed E-state index contributed by atoms with van der Waals surface area (Å²) < 4.78 is 13.8. The van der Waals surface area contributed by atoms with E-state index in [0.29, 0.717) is 0 Å². The molecule has 3 aromatic rings. The Morgan fingerprint density at radius 1 is 1.06 bits per heavy atom. The van der Waals surface area contributed by atoms with Gasteiger partial charge >= 0.3 is 0 Å². The first-order valence-electron chi connectivity index (χ1n) is 10.8. The smallest absolute Gasteiger partial charge is 0.160 e. The minimum absolute atomic E-state index is 0.158. The molecule has 168 valence electrons. The van der Waals surface area contributed by atoms with E-state index in [1.54, 1.807) is 0 Å². The van der Waals surface area contributed by atoms with E-state index in [0.717, 1.165) is 27.5 Å². The second kappa shape index (κ2) is 8.26. The Morgan fingerprint density at radius 3 is 2.38 bits per heavy atom. The van der Waals surface area contributed by atoms with Gasteiger partial charge in [0.15, 0.2) is 5.50 Å². The number of likely N-dealkylation sites (N-methyl/N-ethyl adjacent to an activating group) is 1. The Labute approximate surface area is 196 Å². The molecule has 6 heteroatoms. The fraction of sp³-hybridized carbons (Fsp3) is 0.308. The number of benzene rings is 2. The van der Waals surface area contributed by atoms with Gasteiger partial charge in [0.05, 0.1) is 5.69 Å². The molecule has 0 saturated carbocycles. The van der Waals surface area contributed by atoms with Crippen molar-refractivity contribution in [2.24, 2.45) is 4.74 Å². The summed E-state index contributed by atoms with van der Waals surface area (Å²) in [6, 6.07) is 18.7. The highest BCUT2D eigenvalue weighted by molar-refractivity contribution is 7.74. The molecule has 1 aliphatic rings. The van der Waals surface area contributed by atoms with Crippen LogP contribution in [0.4, 0.5) is 11.4 Å². The van der Waals surface area contributed by atoms with Gasteiger partial charge in [0, 0.05) is 28.9 Å². The summed E-state index contributed by atoms with van der Waals surface area (Å²) >= 11 is 6.46. The van der Waals surface area contributed by atoms with E-state index < -0.39 is 7.21 Å². The summed E-state index contributed by atoms with van der Waals surface area (Å²) in [5, 5.41) is 0.720. The maximum atomic E-state index is 6.46. The number of allylic oxidation sites excluding steroid dienone is 1. The summed E-state index contributed by atoms with van der Waals surface area (Å²) in [6.45, 7) is 8.54. The van der Waals surface area contributed by atoms with Crippen LogP contribution in [-0.4, -0.2) is 25.8 Å². The fourth-order valence-corrected chi connectivity index (χ4v) is 7.51. The summed E-state index contributed by atoms with van der Waals surface area (Å²) in [6.07, 6.45) is 0. The van der Waals surface area contributed by atoms with E-state index >= 15 is 0 Å². The van der Waals surface area contributed by atoms with Gasteiger partial charge < -0.3 is 9.32 Å². The largest absolute Gasteiger partial charge is 0.459 e. The number of hydrogen-bond donors (Lipinski definition) is 0. The Balaban J connectivity index is 2.03. The molecule has 0 spiro atoms. The van der Waals surface area contributed by atoms with Crippen LogP contribution in [0.3, 0.4) is 0 Å². The summed E-state index contributed by atoms with van der Waals surface area (Å²) in [7, 11) is 3.88. The monoisotopic (exact) mass is 467 g/mol. The van der Waals surface area contributed by atoms with Gasteiger partial charge in [0.25, 0.3) is 0 Å². The zero-order valence-corrected chi connectivity index (χ0v) is 21.5. The maximum Gasteiger partial charge on any atom is 0.160 e. The number of rotatable bonds is 4. The number of halogens is 1. The Morgan fingerprint density at radius 2 is 1.78 bits per heavy atom. The number of aryl methyl sites for hydroxylation is 2. The van der Waals surface area contributed by atoms with Crippen molar-refractivity contribution in [1.29, 1.82) is 0 Å². The predicted molar refractivity (Wildman–Crippen MR) is 138 cm³/mol. The lowest BCUT2D eigenvalue weighted by Crippen LogP contribution is -2.25. The van der Waals surface area contributed by atoms with Crippen LogP contribution in [0, 0.1) is 13.8 Å². The van der Waals surface area contributed by atoms with E-state index in [1.165, 1.54) is 16.9 Å². The van der Waals surface area contributed by atoms with Crippen LogP contribution in [0.5, 0.6) is 0 Å². The molecule has 0 N–H and O–H groups in total. The quantitative estimate of drug-likeness (QED) is 0.373. The third kappa shape index (κ3) is 3.75. The average molecular weight is 468 g/mol. The van der Waals surface area contributed by atoms with Gasteiger partial charge in [-0.3, -0.25) is 4.67 Å². The Kier molecular flexibility index (Phi) is 5.92. The van der Waals surface area contributed by atoms with Gasteiger partial charge in [-0.15, -0.1) is 0 Å². The number of fused-ring (bicyclic) bond motifs is 1. The molecular formula is C26H31ClN3OP. The lowest BCUT2D eigenvalue weighted by atomic mass is 9.84. The first kappa shape index (κ1) is 22.9. The number of hydrogen-bond acceptors (Lipinski definition) is 3. The van der Waals surface area contributed by atoms with Crippen LogP contribution < -0.4 is 10.4 Å². The highest BCUT2D eigenvalue weighted by Gasteiger charge is 2.41. The van der Waals surface area contributed by atoms with Crippen LogP contribution in [0.25, 0.3) is 0 Å². The molecule has 2 heterocycles. The summed E-state index contributed by atoms with van der Waals surface area (Å²) in [5.41, 5.74) is 6.38. The van der Waals surface area contributed by atoms with E-state index in [4.69, 9.17) is 20.8 Å². The van der Waals surface area contributed by atoms with Crippen LogP contribution in [0.15, 0.2) is 75.3 Å². The van der Waals surface area contributed by atoms with Crippen molar-refractivity contribution in [2.75, 3.05) is 26.0 Å². The van der Waals surface area contributed by atoms with Gasteiger partial charge in [0.2, 0.25) is 0 Å². The second-order valence-electron chi connectivity index (χ2n) is 9.13. The van der Waals surface area contributed by atoms with Gasteiger partial charge in [-0.2, -0.15) is 0 Å². The number of nitrogens with zero attached hydrogens (tertiary/aromatic N) is 3. The highest BCUT2D eigenvalue weighted by Crippen LogP contribution is 2.59. The van der Waals surface area contributed by atoms with Crippen LogP contribution in [0.1, 0.15) is 30.7 Å². The molecule has 1 aliphatic heterocycles. The zero-order valence-electron chi connectivity index (χ0n) is 19.8. The lowest BCUT2D eigenvalue weighted by Gasteiger charge is -2.31. The Bertz CT molecular complexity index is 1260. The molecule has 32 heavy (non-hydrogen) atoms. The van der Waals surface area contributed by atoms with Gasteiger partial charge in [-0.1, -0.05) is 49.7 Å². The van der Waals surface area contributed by atoms with Crippen molar-refractivity contribution < 1.29 is 4.42 Å². The van der Waals surface area contributed by atoms with Gasteiger partial charge in [-0.25, -0.2) is 4.74 Å². The lowest BCUT2D eigenvalue weighted by molar-refractivity contribution is 0.557. The van der Waals surface area contributed by atoms with Crippen LogP contribution >= 0.6 is 18.8 Å². The predicted octanol–water partition coefficient (Wildman–Crippen LogP) is 7.45. The minimum Gasteiger partial charge on any atom is -0.459 e. The summed E-state index contributed by atoms with van der Waals surface area (Å²) in [4.78, 5) is 2.29.